The number of rotatable bonds is 0. The van der Waals surface area contributed by atoms with Crippen LogP contribution in [0.2, 0.25) is 0 Å². The van der Waals surface area contributed by atoms with Crippen LogP contribution in [-0.4, -0.2) is 19.3 Å². The van der Waals surface area contributed by atoms with Crippen LogP contribution < -0.4 is 0 Å². The second-order valence-electron chi connectivity index (χ2n) is 2.60. The molecule has 0 fully saturated rings. The van der Waals surface area contributed by atoms with Crippen LogP contribution in [0.5, 0.6) is 0 Å². The minimum Gasteiger partial charge on any atom is -0.431 e. The van der Waals surface area contributed by atoms with Gasteiger partial charge in [-0.05, 0) is 0 Å². The van der Waals surface area contributed by atoms with Gasteiger partial charge in [0.25, 0.3) is 6.26 Å². The predicted molar refractivity (Wildman–Crippen MR) is 73.6 cm³/mol. The Hall–Kier alpha value is -2.31. The maximum atomic E-state index is 7.40. The van der Waals surface area contributed by atoms with Crippen LogP contribution in [0.3, 0.4) is 0 Å². The molecule has 3 nitrogen and oxygen atoms in total. The standard InChI is InChI=1S/2C6H6.C2H3NO.CH4O/c2*1-2-4-6-5-3-1;1-4-2-3;1-2/h2*1-6H;1H3;2H,1H3. The number of hydrogen-bond donors (Lipinski definition) is 1. The van der Waals surface area contributed by atoms with E-state index >= 15 is 0 Å². The Morgan fingerprint density at radius 3 is 0.833 bits per heavy atom. The van der Waals surface area contributed by atoms with Gasteiger partial charge >= 0.3 is 0 Å². The van der Waals surface area contributed by atoms with Crippen LogP contribution in [0.1, 0.15) is 0 Å². The van der Waals surface area contributed by atoms with Crippen LogP contribution in [0.25, 0.3) is 0 Å². The molecule has 96 valence electrons. The number of nitrogens with zero attached hydrogens (tertiary/aromatic N) is 1. The molecular formula is C15H19NO2. The Kier molecular flexibility index (Phi) is 20.2. The first-order chi connectivity index (χ1) is 8.91. The summed E-state index contributed by atoms with van der Waals surface area (Å²) in [6.45, 7) is 0. The number of aliphatic hydroxyl groups is 1. The summed E-state index contributed by atoms with van der Waals surface area (Å²) in [6, 6.07) is 24.0. The van der Waals surface area contributed by atoms with Gasteiger partial charge in [0.05, 0.1) is 7.11 Å². The average Bonchev–Trinajstić information content (AvgIpc) is 2.53. The molecule has 0 heterocycles. The minimum absolute atomic E-state index is 1.00. The van der Waals surface area contributed by atoms with Crippen molar-refractivity contribution in [2.75, 3.05) is 14.2 Å². The molecule has 0 aromatic heterocycles. The lowest BCUT2D eigenvalue weighted by molar-refractivity contribution is 0.362. The second kappa shape index (κ2) is 20.1. The fourth-order valence-electron chi connectivity index (χ4n) is 0.770. The Balaban J connectivity index is 0. The van der Waals surface area contributed by atoms with Gasteiger partial charge in [-0.1, -0.05) is 72.8 Å². The van der Waals surface area contributed by atoms with Crippen molar-refractivity contribution in [3.8, 4) is 6.26 Å². The summed E-state index contributed by atoms with van der Waals surface area (Å²) in [5.74, 6) is 0. The number of methoxy groups -OCH3 is 1. The van der Waals surface area contributed by atoms with E-state index in [4.69, 9.17) is 10.4 Å². The molecule has 0 unspecified atom stereocenters. The number of ether oxygens (including phenoxy) is 1. The van der Waals surface area contributed by atoms with Gasteiger partial charge in [0.2, 0.25) is 0 Å². The largest absolute Gasteiger partial charge is 0.431 e. The minimum atomic E-state index is 1.00. The van der Waals surface area contributed by atoms with Gasteiger partial charge < -0.3 is 9.84 Å². The third-order valence-corrected chi connectivity index (χ3v) is 1.42. The van der Waals surface area contributed by atoms with E-state index in [0.717, 1.165) is 7.11 Å². The highest BCUT2D eigenvalue weighted by Crippen LogP contribution is 1.80. The summed E-state index contributed by atoms with van der Waals surface area (Å²) in [5, 5.41) is 14.4. The van der Waals surface area contributed by atoms with E-state index in [-0.39, 0.29) is 0 Å². The van der Waals surface area contributed by atoms with Crippen molar-refractivity contribution in [1.29, 1.82) is 5.26 Å². The number of hydrogen-bond acceptors (Lipinski definition) is 3. The van der Waals surface area contributed by atoms with E-state index in [1.165, 1.54) is 13.4 Å². The highest BCUT2D eigenvalue weighted by Gasteiger charge is 1.58. The van der Waals surface area contributed by atoms with E-state index in [2.05, 4.69) is 4.74 Å². The van der Waals surface area contributed by atoms with Crippen LogP contribution in [0.4, 0.5) is 0 Å². The van der Waals surface area contributed by atoms with E-state index in [0.29, 0.717) is 0 Å². The first-order valence-electron chi connectivity index (χ1n) is 5.28. The quantitative estimate of drug-likeness (QED) is 0.726. The van der Waals surface area contributed by atoms with Gasteiger partial charge in [0.15, 0.2) is 0 Å². The molecule has 0 aliphatic carbocycles. The van der Waals surface area contributed by atoms with E-state index in [9.17, 15) is 0 Å². The van der Waals surface area contributed by atoms with Crippen LogP contribution in [0.15, 0.2) is 72.8 Å². The number of nitriles is 1. The molecule has 0 saturated carbocycles. The topological polar surface area (TPSA) is 53.2 Å². The van der Waals surface area contributed by atoms with E-state index in [1.807, 2.05) is 72.8 Å². The van der Waals surface area contributed by atoms with Gasteiger partial charge in [-0.25, -0.2) is 0 Å². The highest BCUT2D eigenvalue weighted by atomic mass is 16.5. The van der Waals surface area contributed by atoms with Crippen LogP contribution >= 0.6 is 0 Å². The Morgan fingerprint density at radius 2 is 0.778 bits per heavy atom. The third-order valence-electron chi connectivity index (χ3n) is 1.42. The lowest BCUT2D eigenvalue weighted by Crippen LogP contribution is -1.55. The molecule has 0 aliphatic heterocycles. The van der Waals surface area contributed by atoms with Crippen molar-refractivity contribution >= 4 is 0 Å². The molecule has 0 amide bonds. The van der Waals surface area contributed by atoms with Gasteiger partial charge in [-0.3, -0.25) is 0 Å². The molecule has 2 rings (SSSR count). The Labute approximate surface area is 109 Å². The van der Waals surface area contributed by atoms with Gasteiger partial charge in [-0.15, -0.1) is 0 Å². The molecule has 3 heteroatoms. The zero-order valence-electron chi connectivity index (χ0n) is 10.7. The van der Waals surface area contributed by atoms with E-state index in [1.54, 1.807) is 0 Å². The number of benzene rings is 2. The van der Waals surface area contributed by atoms with Crippen LogP contribution in [-0.2, 0) is 4.74 Å². The predicted octanol–water partition coefficient (Wildman–Crippen LogP) is 3.10. The van der Waals surface area contributed by atoms with Crippen molar-refractivity contribution in [3.05, 3.63) is 72.8 Å². The smallest absolute Gasteiger partial charge is 0.286 e. The maximum Gasteiger partial charge on any atom is 0.286 e. The van der Waals surface area contributed by atoms with Gasteiger partial charge in [-0.2, -0.15) is 5.26 Å². The molecule has 1 N–H and O–H groups in total. The first-order valence-corrected chi connectivity index (χ1v) is 5.28. The summed E-state index contributed by atoms with van der Waals surface area (Å²) in [6.07, 6.45) is 1.43. The fourth-order valence-corrected chi connectivity index (χ4v) is 0.770. The summed E-state index contributed by atoms with van der Waals surface area (Å²) in [4.78, 5) is 0. The monoisotopic (exact) mass is 245 g/mol. The van der Waals surface area contributed by atoms with Crippen molar-refractivity contribution in [2.24, 2.45) is 0 Å². The van der Waals surface area contributed by atoms with Gasteiger partial charge in [0, 0.05) is 7.11 Å². The molecule has 0 spiro atoms. The van der Waals surface area contributed by atoms with Gasteiger partial charge in [0.1, 0.15) is 0 Å². The molecule has 0 aliphatic rings. The molecule has 18 heavy (non-hydrogen) atoms. The third kappa shape index (κ3) is 19.3. The highest BCUT2D eigenvalue weighted by molar-refractivity contribution is 4.99. The molecule has 0 bridgehead atoms. The Morgan fingerprint density at radius 1 is 0.667 bits per heavy atom. The molecule has 2 aromatic carbocycles. The van der Waals surface area contributed by atoms with Crippen molar-refractivity contribution < 1.29 is 9.84 Å². The lowest BCUT2D eigenvalue weighted by atomic mass is 10.4. The second-order valence-corrected chi connectivity index (χ2v) is 2.60. The molecule has 0 saturated heterocycles. The fraction of sp³-hybridized carbons (Fsp3) is 0.133. The van der Waals surface area contributed by atoms with E-state index < -0.39 is 0 Å². The number of aliphatic hydroxyl groups excluding tert-OH is 1. The van der Waals surface area contributed by atoms with Crippen molar-refractivity contribution in [1.82, 2.24) is 0 Å². The van der Waals surface area contributed by atoms with Crippen LogP contribution in [0, 0.1) is 11.5 Å². The maximum absolute atomic E-state index is 7.40. The molecular weight excluding hydrogens is 226 g/mol. The molecule has 2 aromatic rings. The Bertz CT molecular complexity index is 272. The summed E-state index contributed by atoms with van der Waals surface area (Å²) in [7, 11) is 2.32. The molecule has 0 radical (unpaired) electrons. The molecule has 0 atom stereocenters. The van der Waals surface area contributed by atoms with Crippen molar-refractivity contribution in [2.45, 2.75) is 0 Å². The normalized spacial score (nSPS) is 6.56. The SMILES string of the molecule is CO.COC#N.c1ccccc1.c1ccccc1. The average molecular weight is 245 g/mol. The zero-order chi connectivity index (χ0) is 13.9. The zero-order valence-corrected chi connectivity index (χ0v) is 10.7. The lowest BCUT2D eigenvalue weighted by Gasteiger charge is -1.69. The van der Waals surface area contributed by atoms with Crippen molar-refractivity contribution in [3.63, 3.8) is 0 Å². The summed E-state index contributed by atoms with van der Waals surface area (Å²) >= 11 is 0. The first kappa shape index (κ1) is 18.1. The summed E-state index contributed by atoms with van der Waals surface area (Å²) < 4.78 is 3.85. The summed E-state index contributed by atoms with van der Waals surface area (Å²) in [5.41, 5.74) is 0.